The highest BCUT2D eigenvalue weighted by molar-refractivity contribution is 5.89. The van der Waals surface area contributed by atoms with Crippen LogP contribution in [-0.2, 0) is 9.53 Å². The summed E-state index contributed by atoms with van der Waals surface area (Å²) in [4.78, 5) is 38.9. The van der Waals surface area contributed by atoms with Crippen LogP contribution in [0.3, 0.4) is 0 Å². The minimum absolute atomic E-state index is 0.0307. The first kappa shape index (κ1) is 23.7. The second-order valence-corrected chi connectivity index (χ2v) is 8.52. The van der Waals surface area contributed by atoms with Crippen molar-refractivity contribution in [2.45, 2.75) is 38.8 Å². The van der Waals surface area contributed by atoms with E-state index in [1.54, 1.807) is 10.6 Å². The fourth-order valence-corrected chi connectivity index (χ4v) is 4.55. The first-order valence-corrected chi connectivity index (χ1v) is 11.3. The molecular weight excluding hydrogens is 441 g/mol. The fraction of sp³-hybridized carbons (Fsp3) is 0.400. The fourth-order valence-electron chi connectivity index (χ4n) is 4.55. The van der Waals surface area contributed by atoms with Crippen LogP contribution < -0.4 is 10.4 Å². The number of hydrogen-bond acceptors (Lipinski definition) is 6. The molecule has 34 heavy (non-hydrogen) atoms. The monoisotopic (exact) mass is 469 g/mol. The van der Waals surface area contributed by atoms with Crippen molar-refractivity contribution < 1.29 is 23.5 Å². The van der Waals surface area contributed by atoms with Crippen molar-refractivity contribution >= 4 is 22.9 Å². The Morgan fingerprint density at radius 3 is 2.29 bits per heavy atom. The van der Waals surface area contributed by atoms with Crippen molar-refractivity contribution in [3.63, 3.8) is 0 Å². The van der Waals surface area contributed by atoms with Gasteiger partial charge in [-0.1, -0.05) is 12.1 Å². The average Bonchev–Trinajstić information content (AvgIpc) is 3.10. The van der Waals surface area contributed by atoms with Crippen LogP contribution in [0.15, 0.2) is 53.3 Å². The molecule has 1 aliphatic rings. The number of fused-ring (bicyclic) bond motifs is 1. The summed E-state index contributed by atoms with van der Waals surface area (Å²) in [5, 5.41) is 0. The number of ether oxygens (including phenoxy) is 2. The molecule has 180 valence electrons. The van der Waals surface area contributed by atoms with E-state index in [1.807, 2.05) is 18.2 Å². The van der Waals surface area contributed by atoms with E-state index in [2.05, 4.69) is 4.90 Å². The SMILES string of the molecule is CC(=O)OC(COc1ccc(F)cc1)CN1CCC(n2c(=O)n(C(C)=O)c3ccccc32)CC1. The van der Waals surface area contributed by atoms with Gasteiger partial charge in [0.25, 0.3) is 0 Å². The minimum atomic E-state index is -0.485. The van der Waals surface area contributed by atoms with Gasteiger partial charge in [-0.05, 0) is 49.2 Å². The number of aromatic nitrogens is 2. The lowest BCUT2D eigenvalue weighted by molar-refractivity contribution is -0.149. The first-order valence-electron chi connectivity index (χ1n) is 11.3. The zero-order chi connectivity index (χ0) is 24.2. The number of likely N-dealkylation sites (tertiary alicyclic amines) is 1. The Bertz CT molecular complexity index is 1230. The Kier molecular flexibility index (Phi) is 7.12. The normalized spacial score (nSPS) is 15.9. The number of hydrogen-bond donors (Lipinski definition) is 0. The van der Waals surface area contributed by atoms with Crippen LogP contribution in [-0.4, -0.2) is 58.3 Å². The predicted octanol–water partition coefficient (Wildman–Crippen LogP) is 3.25. The minimum Gasteiger partial charge on any atom is -0.490 e. The highest BCUT2D eigenvalue weighted by Gasteiger charge is 2.28. The predicted molar refractivity (Wildman–Crippen MR) is 125 cm³/mol. The molecule has 4 rings (SSSR count). The van der Waals surface area contributed by atoms with Gasteiger partial charge in [0.05, 0.1) is 11.0 Å². The number of imidazole rings is 1. The lowest BCUT2D eigenvalue weighted by atomic mass is 10.0. The number of halogens is 1. The second-order valence-electron chi connectivity index (χ2n) is 8.52. The molecule has 0 radical (unpaired) electrons. The van der Waals surface area contributed by atoms with Gasteiger partial charge in [-0.3, -0.25) is 19.1 Å². The van der Waals surface area contributed by atoms with Crippen molar-refractivity contribution in [3.8, 4) is 5.75 Å². The summed E-state index contributed by atoms with van der Waals surface area (Å²) in [7, 11) is 0. The maximum atomic E-state index is 13.1. The zero-order valence-electron chi connectivity index (χ0n) is 19.3. The molecule has 0 N–H and O–H groups in total. The highest BCUT2D eigenvalue weighted by atomic mass is 19.1. The van der Waals surface area contributed by atoms with Crippen molar-refractivity contribution in [1.82, 2.24) is 14.0 Å². The number of para-hydroxylation sites is 2. The van der Waals surface area contributed by atoms with Gasteiger partial charge in [-0.25, -0.2) is 13.8 Å². The quantitative estimate of drug-likeness (QED) is 0.494. The molecule has 1 unspecified atom stereocenters. The second kappa shape index (κ2) is 10.2. The molecule has 9 heteroatoms. The third-order valence-corrected chi connectivity index (χ3v) is 6.06. The van der Waals surface area contributed by atoms with Crippen LogP contribution in [0.4, 0.5) is 4.39 Å². The van der Waals surface area contributed by atoms with Crippen LogP contribution >= 0.6 is 0 Å². The number of esters is 1. The smallest absolute Gasteiger partial charge is 0.336 e. The maximum Gasteiger partial charge on any atom is 0.336 e. The van der Waals surface area contributed by atoms with Gasteiger partial charge in [0.1, 0.15) is 24.3 Å². The molecule has 0 saturated carbocycles. The molecule has 0 bridgehead atoms. The molecule has 1 saturated heterocycles. The molecule has 2 aromatic carbocycles. The molecule has 1 aromatic heterocycles. The van der Waals surface area contributed by atoms with E-state index in [1.165, 1.54) is 42.7 Å². The first-order chi connectivity index (χ1) is 16.3. The molecule has 3 aromatic rings. The number of rotatable bonds is 7. The summed E-state index contributed by atoms with van der Waals surface area (Å²) < 4.78 is 27.2. The van der Waals surface area contributed by atoms with E-state index in [9.17, 15) is 18.8 Å². The van der Waals surface area contributed by atoms with E-state index in [0.717, 1.165) is 18.4 Å². The van der Waals surface area contributed by atoms with Gasteiger partial charge < -0.3 is 9.47 Å². The Balaban J connectivity index is 1.42. The lowest BCUT2D eigenvalue weighted by Crippen LogP contribution is -2.43. The van der Waals surface area contributed by atoms with Gasteiger partial charge in [0, 0.05) is 39.5 Å². The molecule has 0 amide bonds. The lowest BCUT2D eigenvalue weighted by Gasteiger charge is -2.34. The highest BCUT2D eigenvalue weighted by Crippen LogP contribution is 2.26. The molecule has 1 fully saturated rings. The molecule has 0 aliphatic carbocycles. The van der Waals surface area contributed by atoms with Gasteiger partial charge in [-0.15, -0.1) is 0 Å². The average molecular weight is 470 g/mol. The summed E-state index contributed by atoms with van der Waals surface area (Å²) in [6.45, 7) is 4.78. The van der Waals surface area contributed by atoms with Crippen molar-refractivity contribution in [1.29, 1.82) is 0 Å². The van der Waals surface area contributed by atoms with Crippen LogP contribution in [0.2, 0.25) is 0 Å². The molecule has 0 spiro atoms. The Morgan fingerprint density at radius 1 is 1.03 bits per heavy atom. The Labute approximate surface area is 196 Å². The number of benzene rings is 2. The van der Waals surface area contributed by atoms with Gasteiger partial charge in [0.15, 0.2) is 0 Å². The summed E-state index contributed by atoms with van der Waals surface area (Å²) in [6.07, 6.45) is 0.955. The Hall–Kier alpha value is -3.46. The molecular formula is C25H28FN3O5. The van der Waals surface area contributed by atoms with Crippen LogP contribution in [0.1, 0.15) is 37.5 Å². The van der Waals surface area contributed by atoms with Crippen molar-refractivity contribution in [3.05, 3.63) is 64.8 Å². The Morgan fingerprint density at radius 2 is 1.68 bits per heavy atom. The van der Waals surface area contributed by atoms with Crippen molar-refractivity contribution in [2.75, 3.05) is 26.2 Å². The number of nitrogens with zero attached hydrogens (tertiary/aromatic N) is 3. The largest absolute Gasteiger partial charge is 0.490 e. The van der Waals surface area contributed by atoms with Gasteiger partial charge in [0.2, 0.25) is 5.91 Å². The third kappa shape index (κ3) is 5.20. The number of carbonyl (C=O) groups is 2. The van der Waals surface area contributed by atoms with Gasteiger partial charge in [-0.2, -0.15) is 0 Å². The van der Waals surface area contributed by atoms with Crippen LogP contribution in [0, 0.1) is 5.82 Å². The number of piperidine rings is 1. The van der Waals surface area contributed by atoms with Crippen molar-refractivity contribution in [2.24, 2.45) is 0 Å². The van der Waals surface area contributed by atoms with E-state index in [0.29, 0.717) is 30.9 Å². The summed E-state index contributed by atoms with van der Waals surface area (Å²) >= 11 is 0. The van der Waals surface area contributed by atoms with Crippen LogP contribution in [0.25, 0.3) is 11.0 Å². The van der Waals surface area contributed by atoms with Crippen LogP contribution in [0.5, 0.6) is 5.75 Å². The zero-order valence-corrected chi connectivity index (χ0v) is 19.3. The van der Waals surface area contributed by atoms with E-state index in [4.69, 9.17) is 9.47 Å². The standard InChI is InChI=1S/C25H28FN3O5/c1-17(30)28-23-5-3-4-6-24(23)29(25(28)32)20-11-13-27(14-12-20)15-22(34-18(2)31)16-33-21-9-7-19(26)8-10-21/h3-10,20,22H,11-16H2,1-2H3. The van der Waals surface area contributed by atoms with E-state index >= 15 is 0 Å². The van der Waals surface area contributed by atoms with E-state index < -0.39 is 12.1 Å². The summed E-state index contributed by atoms with van der Waals surface area (Å²) in [5.74, 6) is -0.551. The summed E-state index contributed by atoms with van der Waals surface area (Å²) in [5.41, 5.74) is 1.07. The third-order valence-electron chi connectivity index (χ3n) is 6.06. The molecule has 8 nitrogen and oxygen atoms in total. The molecule has 1 atom stereocenters. The maximum absolute atomic E-state index is 13.1. The molecule has 2 heterocycles. The number of carbonyl (C=O) groups excluding carboxylic acids is 2. The van der Waals surface area contributed by atoms with E-state index in [-0.39, 0.29) is 30.1 Å². The van der Waals surface area contributed by atoms with Gasteiger partial charge >= 0.3 is 11.7 Å². The molecule has 1 aliphatic heterocycles. The summed E-state index contributed by atoms with van der Waals surface area (Å²) in [6, 6.07) is 13.0. The topological polar surface area (TPSA) is 82.8 Å².